The minimum Gasteiger partial charge on any atom is -0.398 e. The van der Waals surface area contributed by atoms with E-state index >= 15 is 0 Å². The SMILES string of the molecule is N#CCc1cc(Sc2nccc(=O)[nH]2)ccc1N. The van der Waals surface area contributed by atoms with Crippen molar-refractivity contribution in [3.63, 3.8) is 0 Å². The molecular formula is C12H10N4OS. The molecule has 2 aromatic rings. The summed E-state index contributed by atoms with van der Waals surface area (Å²) in [6.45, 7) is 0. The molecule has 6 heteroatoms. The van der Waals surface area contributed by atoms with Gasteiger partial charge in [-0.1, -0.05) is 11.8 Å². The average molecular weight is 258 g/mol. The number of rotatable bonds is 3. The highest BCUT2D eigenvalue weighted by Crippen LogP contribution is 2.26. The molecule has 0 radical (unpaired) electrons. The first-order valence-electron chi connectivity index (χ1n) is 5.17. The Labute approximate surface area is 108 Å². The Balaban J connectivity index is 2.27. The summed E-state index contributed by atoms with van der Waals surface area (Å²) in [4.78, 5) is 18.7. The molecule has 0 bridgehead atoms. The molecule has 0 saturated heterocycles. The molecule has 0 atom stereocenters. The molecule has 0 fully saturated rings. The number of nitriles is 1. The van der Waals surface area contributed by atoms with Crippen LogP contribution in [0.5, 0.6) is 0 Å². The highest BCUT2D eigenvalue weighted by Gasteiger charge is 2.04. The number of nitrogens with one attached hydrogen (secondary N) is 1. The molecule has 0 unspecified atom stereocenters. The fraction of sp³-hybridized carbons (Fsp3) is 0.0833. The van der Waals surface area contributed by atoms with Crippen molar-refractivity contribution in [1.29, 1.82) is 5.26 Å². The first-order valence-corrected chi connectivity index (χ1v) is 5.99. The third-order valence-corrected chi connectivity index (χ3v) is 3.14. The summed E-state index contributed by atoms with van der Waals surface area (Å²) >= 11 is 1.32. The minimum atomic E-state index is -0.194. The van der Waals surface area contributed by atoms with Gasteiger partial charge in [0.1, 0.15) is 0 Å². The Morgan fingerprint density at radius 2 is 2.28 bits per heavy atom. The second-order valence-electron chi connectivity index (χ2n) is 3.54. The largest absolute Gasteiger partial charge is 0.398 e. The fourth-order valence-electron chi connectivity index (χ4n) is 1.40. The lowest BCUT2D eigenvalue weighted by molar-refractivity contribution is 0.936. The summed E-state index contributed by atoms with van der Waals surface area (Å²) < 4.78 is 0. The predicted octanol–water partition coefficient (Wildman–Crippen LogP) is 1.57. The summed E-state index contributed by atoms with van der Waals surface area (Å²) in [6, 6.07) is 8.82. The van der Waals surface area contributed by atoms with E-state index in [1.807, 2.05) is 12.1 Å². The van der Waals surface area contributed by atoms with E-state index in [2.05, 4.69) is 16.0 Å². The number of hydrogen-bond acceptors (Lipinski definition) is 5. The molecule has 90 valence electrons. The van der Waals surface area contributed by atoms with Gasteiger partial charge in [0.2, 0.25) is 0 Å². The highest BCUT2D eigenvalue weighted by atomic mass is 32.2. The summed E-state index contributed by atoms with van der Waals surface area (Å²) in [5, 5.41) is 9.20. The van der Waals surface area contributed by atoms with E-state index < -0.39 is 0 Å². The monoisotopic (exact) mass is 258 g/mol. The Hall–Kier alpha value is -2.26. The normalized spacial score (nSPS) is 9.94. The van der Waals surface area contributed by atoms with Crippen LogP contribution in [0.25, 0.3) is 0 Å². The smallest absolute Gasteiger partial charge is 0.251 e. The molecule has 2 rings (SSSR count). The van der Waals surface area contributed by atoms with E-state index in [1.165, 1.54) is 24.0 Å². The van der Waals surface area contributed by atoms with Crippen molar-refractivity contribution in [1.82, 2.24) is 9.97 Å². The van der Waals surface area contributed by atoms with Gasteiger partial charge in [0.05, 0.1) is 12.5 Å². The van der Waals surface area contributed by atoms with Crippen molar-refractivity contribution in [2.75, 3.05) is 5.73 Å². The van der Waals surface area contributed by atoms with E-state index in [9.17, 15) is 4.79 Å². The molecular weight excluding hydrogens is 248 g/mol. The zero-order valence-electron chi connectivity index (χ0n) is 9.38. The zero-order chi connectivity index (χ0) is 13.0. The number of nitrogens with two attached hydrogens (primary N) is 1. The van der Waals surface area contributed by atoms with Crippen molar-refractivity contribution < 1.29 is 0 Å². The molecule has 18 heavy (non-hydrogen) atoms. The van der Waals surface area contributed by atoms with Gasteiger partial charge in [-0.15, -0.1) is 0 Å². The van der Waals surface area contributed by atoms with Crippen LogP contribution in [0.2, 0.25) is 0 Å². The summed E-state index contributed by atoms with van der Waals surface area (Å²) in [6.07, 6.45) is 1.72. The van der Waals surface area contributed by atoms with Crippen LogP contribution in [-0.2, 0) is 6.42 Å². The van der Waals surface area contributed by atoms with Crippen molar-refractivity contribution in [3.8, 4) is 6.07 Å². The molecule has 0 aliphatic rings. The lowest BCUT2D eigenvalue weighted by atomic mass is 10.1. The molecule has 5 nitrogen and oxygen atoms in total. The summed E-state index contributed by atoms with van der Waals surface area (Å²) in [5.41, 5.74) is 6.94. The van der Waals surface area contributed by atoms with Gasteiger partial charge in [-0.2, -0.15) is 5.26 Å². The van der Waals surface area contributed by atoms with E-state index in [0.717, 1.165) is 10.5 Å². The number of aromatic nitrogens is 2. The van der Waals surface area contributed by atoms with E-state index in [-0.39, 0.29) is 12.0 Å². The predicted molar refractivity (Wildman–Crippen MR) is 69.2 cm³/mol. The summed E-state index contributed by atoms with van der Waals surface area (Å²) in [7, 11) is 0. The van der Waals surface area contributed by atoms with E-state index in [1.54, 1.807) is 6.07 Å². The Morgan fingerprint density at radius 3 is 3.00 bits per heavy atom. The number of hydrogen-bond donors (Lipinski definition) is 2. The Kier molecular flexibility index (Phi) is 3.65. The van der Waals surface area contributed by atoms with Gasteiger partial charge in [0.15, 0.2) is 5.16 Å². The Morgan fingerprint density at radius 1 is 1.44 bits per heavy atom. The van der Waals surface area contributed by atoms with Crippen LogP contribution < -0.4 is 11.3 Å². The van der Waals surface area contributed by atoms with Crippen LogP contribution in [0.15, 0.2) is 45.3 Å². The molecule has 0 spiro atoms. The van der Waals surface area contributed by atoms with Gasteiger partial charge in [-0.25, -0.2) is 4.98 Å². The van der Waals surface area contributed by atoms with Crippen LogP contribution in [-0.4, -0.2) is 9.97 Å². The lowest BCUT2D eigenvalue weighted by Gasteiger charge is -2.05. The van der Waals surface area contributed by atoms with Gasteiger partial charge in [0.25, 0.3) is 5.56 Å². The second-order valence-corrected chi connectivity index (χ2v) is 4.60. The summed E-state index contributed by atoms with van der Waals surface area (Å²) in [5.74, 6) is 0. The van der Waals surface area contributed by atoms with Crippen molar-refractivity contribution in [2.45, 2.75) is 16.5 Å². The van der Waals surface area contributed by atoms with E-state index in [4.69, 9.17) is 11.0 Å². The standard InChI is InChI=1S/C12H10N4OS/c13-5-3-8-7-9(1-2-10(8)14)18-12-15-6-4-11(17)16-12/h1-2,4,6-7H,3,14H2,(H,15,16,17). The number of benzene rings is 1. The van der Waals surface area contributed by atoms with Gasteiger partial charge in [-0.3, -0.25) is 4.79 Å². The van der Waals surface area contributed by atoms with Crippen LogP contribution >= 0.6 is 11.8 Å². The number of H-pyrrole nitrogens is 1. The van der Waals surface area contributed by atoms with Crippen LogP contribution in [0, 0.1) is 11.3 Å². The number of nitrogens with zero attached hydrogens (tertiary/aromatic N) is 2. The van der Waals surface area contributed by atoms with Gasteiger partial charge in [-0.05, 0) is 23.8 Å². The molecule has 1 heterocycles. The third kappa shape index (κ3) is 2.90. The maximum Gasteiger partial charge on any atom is 0.251 e. The van der Waals surface area contributed by atoms with Crippen LogP contribution in [0.3, 0.4) is 0 Å². The molecule has 0 aliphatic heterocycles. The van der Waals surface area contributed by atoms with Crippen molar-refractivity contribution in [2.24, 2.45) is 0 Å². The third-order valence-electron chi connectivity index (χ3n) is 2.25. The molecule has 1 aromatic heterocycles. The minimum absolute atomic E-state index is 0.194. The second kappa shape index (κ2) is 5.38. The number of aromatic amines is 1. The maximum absolute atomic E-state index is 11.1. The van der Waals surface area contributed by atoms with Gasteiger partial charge < -0.3 is 10.7 Å². The average Bonchev–Trinajstić information content (AvgIpc) is 2.34. The van der Waals surface area contributed by atoms with Crippen LogP contribution in [0.4, 0.5) is 5.69 Å². The highest BCUT2D eigenvalue weighted by molar-refractivity contribution is 7.99. The molecule has 0 aliphatic carbocycles. The molecule has 1 aromatic carbocycles. The molecule has 0 amide bonds. The van der Waals surface area contributed by atoms with Crippen molar-refractivity contribution >= 4 is 17.4 Å². The van der Waals surface area contributed by atoms with E-state index in [0.29, 0.717) is 10.8 Å². The quantitative estimate of drug-likeness (QED) is 0.643. The number of anilines is 1. The maximum atomic E-state index is 11.1. The molecule has 3 N–H and O–H groups in total. The number of nitrogen functional groups attached to an aromatic ring is 1. The molecule has 0 saturated carbocycles. The van der Waals surface area contributed by atoms with Crippen LogP contribution in [0.1, 0.15) is 5.56 Å². The van der Waals surface area contributed by atoms with Gasteiger partial charge in [0, 0.05) is 22.8 Å². The fourth-order valence-corrected chi connectivity index (χ4v) is 2.23. The first kappa shape index (κ1) is 12.2. The Bertz CT molecular complexity index is 660. The topological polar surface area (TPSA) is 95.6 Å². The first-order chi connectivity index (χ1) is 8.69. The van der Waals surface area contributed by atoms with Crippen molar-refractivity contribution in [3.05, 3.63) is 46.4 Å². The zero-order valence-corrected chi connectivity index (χ0v) is 10.2. The van der Waals surface area contributed by atoms with Gasteiger partial charge >= 0.3 is 0 Å². The lowest BCUT2D eigenvalue weighted by Crippen LogP contribution is -2.05.